The highest BCUT2D eigenvalue weighted by Gasteiger charge is 2.19. The Kier molecular flexibility index (Phi) is 3.39. The number of aliphatic hydroxyl groups excluding tert-OH is 1. The van der Waals surface area contributed by atoms with Crippen molar-refractivity contribution >= 4 is 5.95 Å². The standard InChI is InChI=1S/C12H19N3O/c1-9(2)10-6-13-12(14-7-10)15-5-3-4-11(16)8-15/h6-7,9,11,16H,3-5,8H2,1-2H3. The predicted molar refractivity (Wildman–Crippen MR) is 63.6 cm³/mol. The number of anilines is 1. The van der Waals surface area contributed by atoms with Crippen LogP contribution in [0.4, 0.5) is 5.95 Å². The minimum atomic E-state index is -0.234. The van der Waals surface area contributed by atoms with E-state index in [1.54, 1.807) is 0 Å². The number of nitrogens with zero attached hydrogens (tertiary/aromatic N) is 3. The SMILES string of the molecule is CC(C)c1cnc(N2CCCC(O)C2)nc1. The molecule has 1 saturated heterocycles. The Morgan fingerprint density at radius 1 is 1.38 bits per heavy atom. The molecule has 1 unspecified atom stereocenters. The van der Waals surface area contributed by atoms with Crippen LogP contribution in [-0.2, 0) is 0 Å². The van der Waals surface area contributed by atoms with E-state index in [1.165, 1.54) is 0 Å². The fraction of sp³-hybridized carbons (Fsp3) is 0.667. The molecule has 1 atom stereocenters. The molecule has 0 aromatic carbocycles. The lowest BCUT2D eigenvalue weighted by molar-refractivity contribution is 0.153. The molecule has 0 radical (unpaired) electrons. The molecule has 0 saturated carbocycles. The first-order chi connectivity index (χ1) is 7.66. The Labute approximate surface area is 96.3 Å². The van der Waals surface area contributed by atoms with Gasteiger partial charge in [-0.25, -0.2) is 9.97 Å². The third-order valence-corrected chi connectivity index (χ3v) is 3.00. The topological polar surface area (TPSA) is 49.2 Å². The zero-order chi connectivity index (χ0) is 11.5. The van der Waals surface area contributed by atoms with Crippen molar-refractivity contribution in [2.45, 2.75) is 38.7 Å². The third kappa shape index (κ3) is 2.50. The molecular formula is C12H19N3O. The first-order valence-electron chi connectivity index (χ1n) is 5.92. The van der Waals surface area contributed by atoms with Gasteiger partial charge in [-0.1, -0.05) is 13.8 Å². The molecule has 1 aliphatic rings. The fourth-order valence-electron chi connectivity index (χ4n) is 1.93. The number of piperidine rings is 1. The lowest BCUT2D eigenvalue weighted by atomic mass is 10.1. The molecule has 0 aliphatic carbocycles. The van der Waals surface area contributed by atoms with E-state index in [0.29, 0.717) is 12.5 Å². The van der Waals surface area contributed by atoms with Crippen LogP contribution in [0.5, 0.6) is 0 Å². The van der Waals surface area contributed by atoms with Crippen LogP contribution < -0.4 is 4.90 Å². The molecule has 1 aromatic rings. The molecule has 0 amide bonds. The Bertz CT molecular complexity index is 337. The van der Waals surface area contributed by atoms with E-state index < -0.39 is 0 Å². The van der Waals surface area contributed by atoms with E-state index in [0.717, 1.165) is 30.9 Å². The van der Waals surface area contributed by atoms with E-state index in [-0.39, 0.29) is 6.10 Å². The molecule has 4 nitrogen and oxygen atoms in total. The first-order valence-corrected chi connectivity index (χ1v) is 5.92. The highest BCUT2D eigenvalue weighted by atomic mass is 16.3. The van der Waals surface area contributed by atoms with Gasteiger partial charge in [-0.15, -0.1) is 0 Å². The van der Waals surface area contributed by atoms with Gasteiger partial charge in [0.15, 0.2) is 0 Å². The van der Waals surface area contributed by atoms with E-state index in [9.17, 15) is 5.11 Å². The Morgan fingerprint density at radius 2 is 2.06 bits per heavy atom. The van der Waals surface area contributed by atoms with E-state index >= 15 is 0 Å². The average Bonchev–Trinajstić information content (AvgIpc) is 2.29. The molecule has 1 aliphatic heterocycles. The van der Waals surface area contributed by atoms with Crippen molar-refractivity contribution in [3.63, 3.8) is 0 Å². The molecule has 4 heteroatoms. The largest absolute Gasteiger partial charge is 0.391 e. The number of hydrogen-bond donors (Lipinski definition) is 1. The lowest BCUT2D eigenvalue weighted by Gasteiger charge is -2.30. The van der Waals surface area contributed by atoms with Gasteiger partial charge < -0.3 is 10.0 Å². The van der Waals surface area contributed by atoms with Gasteiger partial charge in [-0.2, -0.15) is 0 Å². The molecule has 88 valence electrons. The quantitative estimate of drug-likeness (QED) is 0.823. The second kappa shape index (κ2) is 4.78. The van der Waals surface area contributed by atoms with Gasteiger partial charge in [-0.3, -0.25) is 0 Å². The Balaban J connectivity index is 2.09. The monoisotopic (exact) mass is 221 g/mol. The van der Waals surface area contributed by atoms with E-state index in [1.807, 2.05) is 12.4 Å². The predicted octanol–water partition coefficient (Wildman–Crippen LogP) is 1.56. The third-order valence-electron chi connectivity index (χ3n) is 3.00. The molecule has 2 heterocycles. The zero-order valence-corrected chi connectivity index (χ0v) is 9.93. The zero-order valence-electron chi connectivity index (χ0n) is 9.93. The maximum absolute atomic E-state index is 9.59. The molecule has 1 fully saturated rings. The van der Waals surface area contributed by atoms with E-state index in [2.05, 4.69) is 28.7 Å². The van der Waals surface area contributed by atoms with Gasteiger partial charge in [0.05, 0.1) is 6.10 Å². The van der Waals surface area contributed by atoms with Gasteiger partial charge in [0.1, 0.15) is 0 Å². The number of hydrogen-bond acceptors (Lipinski definition) is 4. The number of aromatic nitrogens is 2. The van der Waals surface area contributed by atoms with Gasteiger partial charge in [-0.05, 0) is 24.3 Å². The van der Waals surface area contributed by atoms with Crippen molar-refractivity contribution in [2.75, 3.05) is 18.0 Å². The molecule has 16 heavy (non-hydrogen) atoms. The summed E-state index contributed by atoms with van der Waals surface area (Å²) < 4.78 is 0. The molecule has 2 rings (SSSR count). The Hall–Kier alpha value is -1.16. The van der Waals surface area contributed by atoms with Gasteiger partial charge in [0.25, 0.3) is 0 Å². The lowest BCUT2D eigenvalue weighted by Crippen LogP contribution is -2.39. The second-order valence-electron chi connectivity index (χ2n) is 4.71. The minimum absolute atomic E-state index is 0.234. The van der Waals surface area contributed by atoms with Crippen molar-refractivity contribution in [1.82, 2.24) is 9.97 Å². The van der Waals surface area contributed by atoms with Crippen molar-refractivity contribution in [1.29, 1.82) is 0 Å². The fourth-order valence-corrected chi connectivity index (χ4v) is 1.93. The van der Waals surface area contributed by atoms with Crippen molar-refractivity contribution in [3.05, 3.63) is 18.0 Å². The number of β-amino-alcohol motifs (C(OH)–C–C–N with tert-alkyl or cyclic N) is 1. The average molecular weight is 221 g/mol. The van der Waals surface area contributed by atoms with Crippen LogP contribution in [0.25, 0.3) is 0 Å². The number of aliphatic hydroxyl groups is 1. The highest BCUT2D eigenvalue weighted by molar-refractivity contribution is 5.31. The van der Waals surface area contributed by atoms with Crippen LogP contribution in [0.15, 0.2) is 12.4 Å². The second-order valence-corrected chi connectivity index (χ2v) is 4.71. The molecule has 0 bridgehead atoms. The van der Waals surface area contributed by atoms with Crippen molar-refractivity contribution in [3.8, 4) is 0 Å². The number of rotatable bonds is 2. The summed E-state index contributed by atoms with van der Waals surface area (Å²) in [4.78, 5) is 10.8. The molecule has 1 aromatic heterocycles. The maximum Gasteiger partial charge on any atom is 0.225 e. The molecular weight excluding hydrogens is 202 g/mol. The summed E-state index contributed by atoms with van der Waals surface area (Å²) in [5, 5.41) is 9.59. The minimum Gasteiger partial charge on any atom is -0.391 e. The highest BCUT2D eigenvalue weighted by Crippen LogP contribution is 2.17. The van der Waals surface area contributed by atoms with Crippen LogP contribution in [0.1, 0.15) is 38.2 Å². The molecule has 0 spiro atoms. The van der Waals surface area contributed by atoms with Crippen molar-refractivity contribution in [2.24, 2.45) is 0 Å². The normalized spacial score (nSPS) is 21.5. The Morgan fingerprint density at radius 3 is 2.62 bits per heavy atom. The van der Waals surface area contributed by atoms with Gasteiger partial charge in [0.2, 0.25) is 5.95 Å². The van der Waals surface area contributed by atoms with Gasteiger partial charge >= 0.3 is 0 Å². The van der Waals surface area contributed by atoms with Crippen LogP contribution in [-0.4, -0.2) is 34.3 Å². The first kappa shape index (κ1) is 11.3. The molecule has 1 N–H and O–H groups in total. The van der Waals surface area contributed by atoms with Gasteiger partial charge in [0, 0.05) is 25.5 Å². The summed E-state index contributed by atoms with van der Waals surface area (Å²) in [6.45, 7) is 5.85. The van der Waals surface area contributed by atoms with Crippen LogP contribution in [0, 0.1) is 0 Å². The summed E-state index contributed by atoms with van der Waals surface area (Å²) in [6.07, 6.45) is 5.43. The smallest absolute Gasteiger partial charge is 0.225 e. The van der Waals surface area contributed by atoms with Crippen LogP contribution in [0.2, 0.25) is 0 Å². The van der Waals surface area contributed by atoms with Crippen LogP contribution in [0.3, 0.4) is 0 Å². The van der Waals surface area contributed by atoms with Crippen LogP contribution >= 0.6 is 0 Å². The summed E-state index contributed by atoms with van der Waals surface area (Å²) in [6, 6.07) is 0. The summed E-state index contributed by atoms with van der Waals surface area (Å²) in [5.41, 5.74) is 1.15. The summed E-state index contributed by atoms with van der Waals surface area (Å²) in [7, 11) is 0. The van der Waals surface area contributed by atoms with Crippen molar-refractivity contribution < 1.29 is 5.11 Å². The maximum atomic E-state index is 9.59. The van der Waals surface area contributed by atoms with E-state index in [4.69, 9.17) is 0 Å². The summed E-state index contributed by atoms with van der Waals surface area (Å²) >= 11 is 0. The summed E-state index contributed by atoms with van der Waals surface area (Å²) in [5.74, 6) is 1.20.